The molecular weight excluding hydrogens is 386 g/mol. The van der Waals surface area contributed by atoms with Crippen molar-refractivity contribution < 1.29 is 4.79 Å². The molecule has 0 heterocycles. The van der Waals surface area contributed by atoms with E-state index in [0.29, 0.717) is 32.9 Å². The summed E-state index contributed by atoms with van der Waals surface area (Å²) in [6, 6.07) is 11.2. The lowest BCUT2D eigenvalue weighted by Crippen LogP contribution is -2.00. The molecule has 2 aromatic rings. The first-order valence-electron chi connectivity index (χ1n) is 7.85. The number of hydrogen-bond donors (Lipinski definition) is 0. The Balaban J connectivity index is 1.67. The zero-order valence-corrected chi connectivity index (χ0v) is 16.2. The molecule has 0 amide bonds. The number of halogens is 4. The lowest BCUT2D eigenvalue weighted by atomic mass is 10.0. The highest BCUT2D eigenvalue weighted by molar-refractivity contribution is 6.42. The maximum absolute atomic E-state index is 12.0. The van der Waals surface area contributed by atoms with Gasteiger partial charge in [-0.1, -0.05) is 58.5 Å². The largest absolute Gasteiger partial charge is 0.300 e. The molecule has 0 aliphatic carbocycles. The molecule has 2 rings (SSSR count). The molecule has 0 unspecified atom stereocenters. The van der Waals surface area contributed by atoms with Crippen LogP contribution >= 0.6 is 46.4 Å². The van der Waals surface area contributed by atoms with Crippen molar-refractivity contribution >= 4 is 52.2 Å². The number of ketones is 1. The predicted octanol–water partition coefficient (Wildman–Crippen LogP) is 7.21. The van der Waals surface area contributed by atoms with Crippen LogP contribution in [0.1, 0.15) is 36.8 Å². The van der Waals surface area contributed by atoms with E-state index < -0.39 is 0 Å². The first kappa shape index (κ1) is 19.6. The Kier molecular flexibility index (Phi) is 7.90. The third-order valence-electron chi connectivity index (χ3n) is 3.81. The van der Waals surface area contributed by atoms with Crippen LogP contribution in [0, 0.1) is 0 Å². The maximum Gasteiger partial charge on any atom is 0.132 e. The van der Waals surface area contributed by atoms with Crippen LogP contribution in [0.2, 0.25) is 20.1 Å². The van der Waals surface area contributed by atoms with Crippen LogP contribution < -0.4 is 0 Å². The summed E-state index contributed by atoms with van der Waals surface area (Å²) in [6.45, 7) is 0. The third-order valence-corrected chi connectivity index (χ3v) is 5.29. The van der Waals surface area contributed by atoms with Crippen molar-refractivity contribution in [1.29, 1.82) is 0 Å². The summed E-state index contributed by atoms with van der Waals surface area (Å²) < 4.78 is 0. The normalized spacial score (nSPS) is 10.8. The van der Waals surface area contributed by atoms with Gasteiger partial charge in [0.25, 0.3) is 0 Å². The zero-order valence-electron chi connectivity index (χ0n) is 13.1. The minimum absolute atomic E-state index is 0.287. The zero-order chi connectivity index (χ0) is 17.5. The summed E-state index contributed by atoms with van der Waals surface area (Å²) >= 11 is 23.8. The Bertz CT molecular complexity index is 653. The molecule has 0 aliphatic rings. The number of Topliss-reactive ketones (excluding diaryl/α,β-unsaturated/α-hetero) is 1. The standard InChI is InChI=1S/C19H18Cl4O/c20-16-9-7-13(11-18(16)22)3-1-5-15(24)6-2-4-14-8-10-17(21)19(23)12-14/h7-12H,1-6H2. The summed E-state index contributed by atoms with van der Waals surface area (Å²) in [7, 11) is 0. The van der Waals surface area contributed by atoms with Crippen LogP contribution in [-0.2, 0) is 17.6 Å². The van der Waals surface area contributed by atoms with Gasteiger partial charge in [0.2, 0.25) is 0 Å². The second-order valence-electron chi connectivity index (χ2n) is 5.74. The second kappa shape index (κ2) is 9.68. The highest BCUT2D eigenvalue weighted by atomic mass is 35.5. The Morgan fingerprint density at radius 3 is 1.46 bits per heavy atom. The van der Waals surface area contributed by atoms with E-state index in [1.807, 2.05) is 24.3 Å². The molecule has 0 atom stereocenters. The van der Waals surface area contributed by atoms with Crippen molar-refractivity contribution in [1.82, 2.24) is 0 Å². The SMILES string of the molecule is O=C(CCCc1ccc(Cl)c(Cl)c1)CCCc1ccc(Cl)c(Cl)c1. The van der Waals surface area contributed by atoms with Gasteiger partial charge in [-0.3, -0.25) is 4.79 Å². The van der Waals surface area contributed by atoms with Crippen LogP contribution in [0.4, 0.5) is 0 Å². The fourth-order valence-electron chi connectivity index (χ4n) is 2.49. The van der Waals surface area contributed by atoms with E-state index in [1.54, 1.807) is 12.1 Å². The number of hydrogen-bond acceptors (Lipinski definition) is 1. The summed E-state index contributed by atoms with van der Waals surface area (Å²) in [4.78, 5) is 12.0. The van der Waals surface area contributed by atoms with Gasteiger partial charge in [0.1, 0.15) is 5.78 Å². The van der Waals surface area contributed by atoms with Crippen molar-refractivity contribution in [3.63, 3.8) is 0 Å². The van der Waals surface area contributed by atoms with Crippen molar-refractivity contribution in [2.24, 2.45) is 0 Å². The van der Waals surface area contributed by atoms with Crippen molar-refractivity contribution in [2.45, 2.75) is 38.5 Å². The van der Waals surface area contributed by atoms with Crippen LogP contribution in [0.5, 0.6) is 0 Å². The predicted molar refractivity (Wildman–Crippen MR) is 104 cm³/mol. The molecule has 0 fully saturated rings. The van der Waals surface area contributed by atoms with E-state index in [1.165, 1.54) is 0 Å². The Labute approximate surface area is 162 Å². The number of aryl methyl sites for hydroxylation is 2. The number of rotatable bonds is 8. The van der Waals surface area contributed by atoms with Crippen LogP contribution in [-0.4, -0.2) is 5.78 Å². The van der Waals surface area contributed by atoms with Crippen molar-refractivity contribution in [3.05, 3.63) is 67.6 Å². The topological polar surface area (TPSA) is 17.1 Å². The summed E-state index contributed by atoms with van der Waals surface area (Å²) in [5, 5.41) is 2.22. The molecule has 0 N–H and O–H groups in total. The summed E-state index contributed by atoms with van der Waals surface area (Å²) in [6.07, 6.45) is 4.47. The monoisotopic (exact) mass is 402 g/mol. The molecule has 128 valence electrons. The molecule has 0 bridgehead atoms. The van der Waals surface area contributed by atoms with Gasteiger partial charge in [0, 0.05) is 12.8 Å². The van der Waals surface area contributed by atoms with E-state index in [9.17, 15) is 4.79 Å². The fourth-order valence-corrected chi connectivity index (χ4v) is 3.14. The molecule has 24 heavy (non-hydrogen) atoms. The van der Waals surface area contributed by atoms with E-state index in [4.69, 9.17) is 46.4 Å². The minimum Gasteiger partial charge on any atom is -0.300 e. The van der Waals surface area contributed by atoms with Gasteiger partial charge in [-0.2, -0.15) is 0 Å². The van der Waals surface area contributed by atoms with Gasteiger partial charge in [0.15, 0.2) is 0 Å². The quantitative estimate of drug-likeness (QED) is 0.454. The molecule has 0 radical (unpaired) electrons. The Morgan fingerprint density at radius 1 is 0.667 bits per heavy atom. The summed E-state index contributed by atoms with van der Waals surface area (Å²) in [5.41, 5.74) is 2.21. The molecular formula is C19H18Cl4O. The maximum atomic E-state index is 12.0. The third kappa shape index (κ3) is 6.29. The molecule has 0 saturated carbocycles. The Morgan fingerprint density at radius 2 is 1.08 bits per heavy atom. The fraction of sp³-hybridized carbons (Fsp3) is 0.316. The van der Waals surface area contributed by atoms with Crippen LogP contribution in [0.3, 0.4) is 0 Å². The smallest absolute Gasteiger partial charge is 0.132 e. The molecule has 2 aromatic carbocycles. The molecule has 1 nitrogen and oxygen atoms in total. The van der Waals surface area contributed by atoms with Gasteiger partial charge >= 0.3 is 0 Å². The van der Waals surface area contributed by atoms with Crippen molar-refractivity contribution in [2.75, 3.05) is 0 Å². The van der Waals surface area contributed by atoms with Crippen LogP contribution in [0.15, 0.2) is 36.4 Å². The number of carbonyl (C=O) groups is 1. The number of carbonyl (C=O) groups excluding carboxylic acids is 1. The first-order valence-corrected chi connectivity index (χ1v) is 9.36. The minimum atomic E-state index is 0.287. The van der Waals surface area contributed by atoms with Gasteiger partial charge in [-0.25, -0.2) is 0 Å². The molecule has 5 heteroatoms. The van der Waals surface area contributed by atoms with Gasteiger partial charge in [-0.15, -0.1) is 0 Å². The molecule has 0 aliphatic heterocycles. The van der Waals surface area contributed by atoms with Crippen molar-refractivity contribution in [3.8, 4) is 0 Å². The average molecular weight is 404 g/mol. The van der Waals surface area contributed by atoms with Gasteiger partial charge < -0.3 is 0 Å². The van der Waals surface area contributed by atoms with E-state index >= 15 is 0 Å². The van der Waals surface area contributed by atoms with Gasteiger partial charge in [0.05, 0.1) is 20.1 Å². The first-order chi connectivity index (χ1) is 11.5. The lowest BCUT2D eigenvalue weighted by Gasteiger charge is -2.05. The van der Waals surface area contributed by atoms with E-state index in [2.05, 4.69) is 0 Å². The summed E-state index contributed by atoms with van der Waals surface area (Å²) in [5.74, 6) is 0.287. The molecule has 0 saturated heterocycles. The van der Waals surface area contributed by atoms with Gasteiger partial charge in [-0.05, 0) is 61.1 Å². The second-order valence-corrected chi connectivity index (χ2v) is 7.37. The molecule has 0 spiro atoms. The Hall–Kier alpha value is -0.730. The molecule has 0 aromatic heterocycles. The van der Waals surface area contributed by atoms with Crippen LogP contribution in [0.25, 0.3) is 0 Å². The number of benzene rings is 2. The highest BCUT2D eigenvalue weighted by Gasteiger charge is 2.05. The lowest BCUT2D eigenvalue weighted by molar-refractivity contribution is -0.119. The van der Waals surface area contributed by atoms with E-state index in [-0.39, 0.29) is 5.78 Å². The van der Waals surface area contributed by atoms with E-state index in [0.717, 1.165) is 36.8 Å². The highest BCUT2D eigenvalue weighted by Crippen LogP contribution is 2.24. The average Bonchev–Trinajstić information content (AvgIpc) is 2.54.